The van der Waals surface area contributed by atoms with E-state index < -0.39 is 29.6 Å². The summed E-state index contributed by atoms with van der Waals surface area (Å²) >= 11 is 7.49. The largest absolute Gasteiger partial charge is 0.484 e. The highest BCUT2D eigenvalue weighted by Crippen LogP contribution is 2.39. The van der Waals surface area contributed by atoms with Crippen LogP contribution in [-0.2, 0) is 9.53 Å². The number of rotatable bonds is 8. The van der Waals surface area contributed by atoms with Gasteiger partial charge in [0.05, 0.1) is 22.5 Å². The van der Waals surface area contributed by atoms with Crippen LogP contribution >= 0.6 is 22.9 Å². The number of amides is 3. The predicted octanol–water partition coefficient (Wildman–Crippen LogP) is 5.42. The number of fused-ring (bicyclic) bond motifs is 1. The maximum atomic E-state index is 12.4. The monoisotopic (exact) mass is 569 g/mol. The van der Waals surface area contributed by atoms with Gasteiger partial charge in [-0.05, 0) is 45.9 Å². The number of nitrogens with two attached hydrogens (primary N) is 1. The van der Waals surface area contributed by atoms with Crippen molar-refractivity contribution in [1.82, 2.24) is 14.7 Å². The molecule has 12 heteroatoms. The highest BCUT2D eigenvalue weighted by molar-refractivity contribution is 7.17. The molecule has 4 rings (SSSR count). The fourth-order valence-corrected chi connectivity index (χ4v) is 4.97. The molecule has 204 valence electrons. The second-order valence-corrected chi connectivity index (χ2v) is 11.1. The zero-order valence-corrected chi connectivity index (χ0v) is 23.4. The fraction of sp³-hybridized carbons (Fsp3) is 0.259. The summed E-state index contributed by atoms with van der Waals surface area (Å²) in [7, 11) is 0. The molecule has 0 fully saturated rings. The Kier molecular flexibility index (Phi) is 8.12. The van der Waals surface area contributed by atoms with Crippen molar-refractivity contribution in [2.45, 2.75) is 39.4 Å². The van der Waals surface area contributed by atoms with E-state index in [0.717, 1.165) is 5.56 Å². The van der Waals surface area contributed by atoms with Crippen LogP contribution in [0.25, 0.3) is 16.2 Å². The molecular weight excluding hydrogens is 542 g/mol. The van der Waals surface area contributed by atoms with Crippen LogP contribution in [0.2, 0.25) is 5.02 Å². The molecule has 4 aromatic rings. The molecule has 1 aromatic carbocycles. The fourth-order valence-electron chi connectivity index (χ4n) is 3.73. The molecule has 10 nitrogen and oxygen atoms in total. The van der Waals surface area contributed by atoms with Gasteiger partial charge >= 0.3 is 6.09 Å². The van der Waals surface area contributed by atoms with Gasteiger partial charge in [0.2, 0.25) is 5.91 Å². The van der Waals surface area contributed by atoms with Crippen LogP contribution in [0.3, 0.4) is 0 Å². The smallest absolute Gasteiger partial charge is 0.408 e. The number of imidazole rings is 1. The van der Waals surface area contributed by atoms with Crippen LogP contribution < -0.4 is 21.1 Å². The number of carbonyl (C=O) groups excluding carboxylic acids is 3. The Morgan fingerprint density at radius 1 is 1.18 bits per heavy atom. The van der Waals surface area contributed by atoms with Crippen molar-refractivity contribution in [1.29, 1.82) is 0 Å². The van der Waals surface area contributed by atoms with E-state index in [1.165, 1.54) is 11.3 Å². The standard InChI is InChI=1S/C27H28ClN5O5S/c1-15(17-7-5-6-8-18(17)28)37-20-11-21(39-24(20)25(29)35)19-12-30-22-10-9-16(14-33(19)22)32-23(34)13-31-26(36)38-27(2,3)4/h5-12,14-15H,13H2,1-4H3,(H2,29,35)(H,31,36)(H,32,34)/t15-/m1/s1. The maximum absolute atomic E-state index is 12.4. The molecule has 0 spiro atoms. The minimum Gasteiger partial charge on any atom is -0.484 e. The molecule has 0 bridgehead atoms. The predicted molar refractivity (Wildman–Crippen MR) is 150 cm³/mol. The van der Waals surface area contributed by atoms with Crippen LogP contribution in [0, 0.1) is 0 Å². The van der Waals surface area contributed by atoms with Crippen molar-refractivity contribution in [3.63, 3.8) is 0 Å². The van der Waals surface area contributed by atoms with Gasteiger partial charge in [0.1, 0.15) is 34.5 Å². The van der Waals surface area contributed by atoms with Crippen LogP contribution in [0.5, 0.6) is 5.75 Å². The summed E-state index contributed by atoms with van der Waals surface area (Å²) in [4.78, 5) is 41.8. The lowest BCUT2D eigenvalue weighted by molar-refractivity contribution is -0.115. The number of hydrogen-bond acceptors (Lipinski definition) is 7. The number of anilines is 1. The molecule has 1 atom stereocenters. The summed E-state index contributed by atoms with van der Waals surface area (Å²) in [6.07, 6.45) is 2.23. The Morgan fingerprint density at radius 3 is 2.62 bits per heavy atom. The van der Waals surface area contributed by atoms with E-state index in [2.05, 4.69) is 15.6 Å². The highest BCUT2D eigenvalue weighted by Gasteiger charge is 2.22. The van der Waals surface area contributed by atoms with Crippen molar-refractivity contribution >= 4 is 52.2 Å². The van der Waals surface area contributed by atoms with E-state index in [-0.39, 0.29) is 11.4 Å². The summed E-state index contributed by atoms with van der Waals surface area (Å²) in [6, 6.07) is 12.5. The number of nitrogens with zero attached hydrogens (tertiary/aromatic N) is 2. The van der Waals surface area contributed by atoms with Crippen LogP contribution in [0.4, 0.5) is 10.5 Å². The number of ether oxygens (including phenoxy) is 2. The normalized spacial score (nSPS) is 12.1. The number of pyridine rings is 1. The molecule has 0 unspecified atom stereocenters. The highest BCUT2D eigenvalue weighted by atomic mass is 35.5. The Bertz CT molecular complexity index is 1540. The Morgan fingerprint density at radius 2 is 1.92 bits per heavy atom. The van der Waals surface area contributed by atoms with E-state index in [1.807, 2.05) is 25.1 Å². The van der Waals surface area contributed by atoms with Gasteiger partial charge in [-0.3, -0.25) is 14.0 Å². The van der Waals surface area contributed by atoms with E-state index in [9.17, 15) is 14.4 Å². The Balaban J connectivity index is 1.55. The third-order valence-corrected chi connectivity index (χ3v) is 6.90. The van der Waals surface area contributed by atoms with Crippen molar-refractivity contribution in [2.24, 2.45) is 5.73 Å². The minimum absolute atomic E-state index is 0.261. The molecule has 3 amide bonds. The van der Waals surface area contributed by atoms with Crippen molar-refractivity contribution < 1.29 is 23.9 Å². The summed E-state index contributed by atoms with van der Waals surface area (Å²) in [6.45, 7) is 6.78. The van der Waals surface area contributed by atoms with Crippen molar-refractivity contribution in [2.75, 3.05) is 11.9 Å². The molecule has 0 aliphatic rings. The van der Waals surface area contributed by atoms with Crippen molar-refractivity contribution in [3.8, 4) is 16.3 Å². The summed E-state index contributed by atoms with van der Waals surface area (Å²) in [5.41, 5.74) is 7.53. The quantitative estimate of drug-likeness (QED) is 0.259. The molecule has 0 aliphatic heterocycles. The first-order valence-corrected chi connectivity index (χ1v) is 13.2. The van der Waals surface area contributed by atoms with Crippen molar-refractivity contribution in [3.05, 3.63) is 70.3 Å². The Hall–Kier alpha value is -4.09. The average Bonchev–Trinajstić information content (AvgIpc) is 3.46. The number of aromatic nitrogens is 2. The molecule has 0 radical (unpaired) electrons. The molecule has 0 aliphatic carbocycles. The maximum Gasteiger partial charge on any atom is 0.408 e. The molecular formula is C27H28ClN5O5S. The number of benzene rings is 1. The SMILES string of the molecule is C[C@@H](Oc1cc(-c2cnc3ccc(NC(=O)CNC(=O)OC(C)(C)C)cn23)sc1C(N)=O)c1ccccc1Cl. The van der Waals surface area contributed by atoms with Gasteiger partial charge in [-0.15, -0.1) is 11.3 Å². The van der Waals surface area contributed by atoms with Gasteiger partial charge in [0, 0.05) is 22.8 Å². The lowest BCUT2D eigenvalue weighted by atomic mass is 10.1. The van der Waals surface area contributed by atoms with E-state index in [4.69, 9.17) is 26.8 Å². The van der Waals surface area contributed by atoms with Gasteiger partial charge in [-0.25, -0.2) is 9.78 Å². The first kappa shape index (κ1) is 27.9. The number of hydrogen-bond donors (Lipinski definition) is 3. The lowest BCUT2D eigenvalue weighted by Gasteiger charge is -2.19. The van der Waals surface area contributed by atoms with E-state index in [0.29, 0.717) is 32.7 Å². The van der Waals surface area contributed by atoms with E-state index in [1.54, 1.807) is 61.8 Å². The van der Waals surface area contributed by atoms with Gasteiger partial charge in [0.25, 0.3) is 5.91 Å². The molecule has 0 saturated heterocycles. The second kappa shape index (κ2) is 11.3. The lowest BCUT2D eigenvalue weighted by Crippen LogP contribution is -2.37. The molecule has 3 aromatic heterocycles. The van der Waals surface area contributed by atoms with Gasteiger partial charge in [-0.2, -0.15) is 0 Å². The molecule has 39 heavy (non-hydrogen) atoms. The van der Waals surface area contributed by atoms with Gasteiger partial charge in [-0.1, -0.05) is 29.8 Å². The number of thiophene rings is 1. The summed E-state index contributed by atoms with van der Waals surface area (Å²) in [5.74, 6) is -0.715. The number of nitrogens with one attached hydrogen (secondary N) is 2. The topological polar surface area (TPSA) is 137 Å². The van der Waals surface area contributed by atoms with E-state index >= 15 is 0 Å². The first-order chi connectivity index (χ1) is 18.4. The van der Waals surface area contributed by atoms with Gasteiger partial charge < -0.3 is 25.8 Å². The van der Waals surface area contributed by atoms with Crippen LogP contribution in [0.15, 0.2) is 54.9 Å². The number of halogens is 1. The van der Waals surface area contributed by atoms with Gasteiger partial charge in [0.15, 0.2) is 0 Å². The van der Waals surface area contributed by atoms with Crippen LogP contribution in [0.1, 0.15) is 49.0 Å². The number of primary amides is 1. The third kappa shape index (κ3) is 6.87. The van der Waals surface area contributed by atoms with Crippen LogP contribution in [-0.4, -0.2) is 39.4 Å². The zero-order chi connectivity index (χ0) is 28.3. The number of carbonyl (C=O) groups is 3. The first-order valence-electron chi connectivity index (χ1n) is 12.0. The molecule has 3 heterocycles. The average molecular weight is 570 g/mol. The molecule has 4 N–H and O–H groups in total. The Labute approximate surface area is 234 Å². The summed E-state index contributed by atoms with van der Waals surface area (Å²) in [5, 5.41) is 5.72. The molecule has 0 saturated carbocycles. The minimum atomic E-state index is -0.685. The summed E-state index contributed by atoms with van der Waals surface area (Å²) < 4.78 is 13.0. The number of alkyl carbamates (subject to hydrolysis) is 1. The second-order valence-electron chi connectivity index (χ2n) is 9.64. The third-order valence-electron chi connectivity index (χ3n) is 5.40. The zero-order valence-electron chi connectivity index (χ0n) is 21.8.